The first kappa shape index (κ1) is 28.5. The number of hydrogen-bond donors (Lipinski definition) is 1. The van der Waals surface area contributed by atoms with Crippen molar-refractivity contribution in [3.05, 3.63) is 73.0 Å². The Balaban J connectivity index is 1.12. The fraction of sp³-hybridized carbons (Fsp3) is 0.312. The molecule has 2 bridgehead atoms. The van der Waals surface area contributed by atoms with E-state index >= 15 is 0 Å². The molecule has 1 atom stereocenters. The van der Waals surface area contributed by atoms with Gasteiger partial charge >= 0.3 is 0 Å². The minimum absolute atomic E-state index is 0.0110. The maximum atomic E-state index is 13.1. The van der Waals surface area contributed by atoms with Gasteiger partial charge in [0.25, 0.3) is 0 Å². The number of aromatic nitrogens is 6. The monoisotopic (exact) mass is 606 g/mol. The Morgan fingerprint density at radius 3 is 2.91 bits per heavy atom. The van der Waals surface area contributed by atoms with Gasteiger partial charge < -0.3 is 29.5 Å². The van der Waals surface area contributed by atoms with Gasteiger partial charge in [0, 0.05) is 56.3 Å². The molecule has 45 heavy (non-hydrogen) atoms. The number of pyridine rings is 2. The van der Waals surface area contributed by atoms with Crippen LogP contribution in [0.5, 0.6) is 17.2 Å². The van der Waals surface area contributed by atoms with E-state index in [-0.39, 0.29) is 11.9 Å². The molecule has 13 nitrogen and oxygen atoms in total. The van der Waals surface area contributed by atoms with Crippen LogP contribution in [-0.2, 0) is 4.79 Å². The second-order valence-corrected chi connectivity index (χ2v) is 11.5. The molecule has 0 unspecified atom stereocenters. The Kier molecular flexibility index (Phi) is 7.59. The normalized spacial score (nSPS) is 16.5. The van der Waals surface area contributed by atoms with Crippen molar-refractivity contribution in [2.75, 3.05) is 57.1 Å². The molecule has 1 aromatic carbocycles. The van der Waals surface area contributed by atoms with E-state index in [1.54, 1.807) is 10.6 Å². The zero-order valence-corrected chi connectivity index (χ0v) is 25.4. The second-order valence-electron chi connectivity index (χ2n) is 11.5. The third-order valence-corrected chi connectivity index (χ3v) is 7.92. The molecule has 6 heterocycles. The van der Waals surface area contributed by atoms with Crippen molar-refractivity contribution in [2.24, 2.45) is 0 Å². The van der Waals surface area contributed by atoms with Gasteiger partial charge in [0.15, 0.2) is 23.0 Å². The topological polar surface area (TPSA) is 126 Å². The summed E-state index contributed by atoms with van der Waals surface area (Å²) in [6, 6.07) is 11.4. The van der Waals surface area contributed by atoms with Gasteiger partial charge in [-0.3, -0.25) is 4.79 Å². The van der Waals surface area contributed by atoms with Crippen LogP contribution in [0.4, 0.5) is 17.3 Å². The first-order valence-corrected chi connectivity index (χ1v) is 14.9. The Bertz CT molecular complexity index is 1910. The quantitative estimate of drug-likeness (QED) is 0.272. The van der Waals surface area contributed by atoms with Crippen molar-refractivity contribution in [2.45, 2.75) is 19.4 Å². The number of rotatable bonds is 7. The molecule has 1 saturated heterocycles. The zero-order valence-electron chi connectivity index (χ0n) is 25.4. The van der Waals surface area contributed by atoms with Crippen molar-refractivity contribution >= 4 is 39.9 Å². The lowest BCUT2D eigenvalue weighted by atomic mass is 10.2. The van der Waals surface area contributed by atoms with Crippen LogP contribution >= 0.6 is 0 Å². The van der Waals surface area contributed by atoms with Crippen LogP contribution in [0.25, 0.3) is 16.7 Å². The zero-order chi connectivity index (χ0) is 30.9. The van der Waals surface area contributed by atoms with Gasteiger partial charge in [-0.2, -0.15) is 5.10 Å². The second kappa shape index (κ2) is 12.0. The van der Waals surface area contributed by atoms with Gasteiger partial charge in [0.1, 0.15) is 36.3 Å². The molecule has 230 valence electrons. The van der Waals surface area contributed by atoms with E-state index in [4.69, 9.17) is 14.5 Å². The first-order valence-electron chi connectivity index (χ1n) is 14.9. The average Bonchev–Trinajstić information content (AvgIpc) is 3.29. The highest BCUT2D eigenvalue weighted by Crippen LogP contribution is 2.36. The van der Waals surface area contributed by atoms with Crippen LogP contribution in [0, 0.1) is 6.92 Å². The number of nitrogens with one attached hydrogen (secondary N) is 1. The molecule has 1 N–H and O–H groups in total. The standard InChI is InChI=1S/C32H34N10O3/c1-21-14-22(7-8-26(21)45-24-9-13-42-28(15-24)34-20-36-42)37-31-30-25(33-19-35-31)16-27-32(38-30)40-11-5-12-41(23(17-40)18-44-27)29(43)6-4-10-39(2)3/h4,6-9,13-16,19-20,23H,5,10-12,17-18H2,1-3H3,(H,33,35,37)/b6-4+/t23-/m1/s1. The SMILES string of the molecule is Cc1cc(Nc2ncnc3cc4c(nc23)N2CCCN(C(=O)/C=C/CN(C)C)[C@@H](CO4)C2)ccc1Oc1ccn2ncnc2c1. The fourth-order valence-corrected chi connectivity index (χ4v) is 5.68. The van der Waals surface area contributed by atoms with Crippen LogP contribution in [-0.4, -0.2) is 98.2 Å². The van der Waals surface area contributed by atoms with Crippen molar-refractivity contribution in [3.8, 4) is 17.2 Å². The summed E-state index contributed by atoms with van der Waals surface area (Å²) in [6.07, 6.45) is 9.25. The van der Waals surface area contributed by atoms with Gasteiger partial charge in [0.05, 0.1) is 11.6 Å². The Morgan fingerprint density at radius 2 is 2.04 bits per heavy atom. The lowest BCUT2D eigenvalue weighted by molar-refractivity contribution is -0.128. The van der Waals surface area contributed by atoms with Crippen molar-refractivity contribution < 1.29 is 14.3 Å². The number of likely N-dealkylation sites (N-methyl/N-ethyl adjacent to an activating group) is 1. The predicted molar refractivity (Wildman–Crippen MR) is 170 cm³/mol. The molecule has 4 aromatic heterocycles. The van der Waals surface area contributed by atoms with E-state index in [1.165, 1.54) is 12.7 Å². The summed E-state index contributed by atoms with van der Waals surface area (Å²) in [4.78, 5) is 37.5. The molecule has 1 fully saturated rings. The van der Waals surface area contributed by atoms with Gasteiger partial charge in [0.2, 0.25) is 5.91 Å². The van der Waals surface area contributed by atoms with Crippen LogP contribution in [0.2, 0.25) is 0 Å². The fourth-order valence-electron chi connectivity index (χ4n) is 5.68. The maximum absolute atomic E-state index is 13.1. The number of fused-ring (bicyclic) bond motifs is 6. The number of hydrogen-bond acceptors (Lipinski definition) is 11. The van der Waals surface area contributed by atoms with E-state index in [0.29, 0.717) is 60.2 Å². The molecule has 5 aromatic rings. The summed E-state index contributed by atoms with van der Waals surface area (Å²) in [5.41, 5.74) is 3.81. The van der Waals surface area contributed by atoms with Crippen LogP contribution in [0.3, 0.4) is 0 Å². The van der Waals surface area contributed by atoms with Crippen molar-refractivity contribution in [3.63, 3.8) is 0 Å². The molecule has 0 saturated carbocycles. The molecule has 7 rings (SSSR count). The van der Waals surface area contributed by atoms with Crippen LogP contribution in [0.1, 0.15) is 12.0 Å². The molecule has 0 aliphatic carbocycles. The van der Waals surface area contributed by atoms with Gasteiger partial charge in [-0.25, -0.2) is 24.5 Å². The van der Waals surface area contributed by atoms with E-state index in [9.17, 15) is 4.79 Å². The third kappa shape index (κ3) is 5.94. The Hall–Kier alpha value is -5.30. The van der Waals surface area contributed by atoms with E-state index in [2.05, 4.69) is 30.3 Å². The summed E-state index contributed by atoms with van der Waals surface area (Å²) in [7, 11) is 3.96. The van der Waals surface area contributed by atoms with Crippen LogP contribution < -0.4 is 19.7 Å². The van der Waals surface area contributed by atoms with Crippen molar-refractivity contribution in [1.82, 2.24) is 39.3 Å². The Morgan fingerprint density at radius 1 is 1.13 bits per heavy atom. The summed E-state index contributed by atoms with van der Waals surface area (Å²) in [5.74, 6) is 3.41. The molecular weight excluding hydrogens is 572 g/mol. The van der Waals surface area contributed by atoms with Crippen molar-refractivity contribution in [1.29, 1.82) is 0 Å². The number of carbonyl (C=O) groups is 1. The summed E-state index contributed by atoms with van der Waals surface area (Å²) < 4.78 is 14.1. The van der Waals surface area contributed by atoms with Gasteiger partial charge in [-0.05, 0) is 57.3 Å². The highest BCUT2D eigenvalue weighted by Gasteiger charge is 2.33. The highest BCUT2D eigenvalue weighted by atomic mass is 16.5. The summed E-state index contributed by atoms with van der Waals surface area (Å²) in [5, 5.41) is 7.55. The largest absolute Gasteiger partial charge is 0.487 e. The van der Waals surface area contributed by atoms with Gasteiger partial charge in [-0.1, -0.05) is 6.08 Å². The van der Waals surface area contributed by atoms with Crippen LogP contribution in [0.15, 0.2) is 67.4 Å². The molecule has 2 aliphatic rings. The molecule has 13 heteroatoms. The third-order valence-electron chi connectivity index (χ3n) is 7.92. The predicted octanol–water partition coefficient (Wildman–Crippen LogP) is 3.83. The maximum Gasteiger partial charge on any atom is 0.246 e. The lowest BCUT2D eigenvalue weighted by Gasteiger charge is -2.28. The molecule has 0 spiro atoms. The minimum atomic E-state index is -0.0907. The highest BCUT2D eigenvalue weighted by molar-refractivity contribution is 5.90. The molecule has 2 aliphatic heterocycles. The number of amides is 1. The van der Waals surface area contributed by atoms with E-state index in [0.717, 1.165) is 35.8 Å². The lowest BCUT2D eigenvalue weighted by Crippen LogP contribution is -2.46. The number of nitrogens with zero attached hydrogens (tertiary/aromatic N) is 9. The Labute approximate surface area is 260 Å². The number of ether oxygens (including phenoxy) is 2. The smallest absolute Gasteiger partial charge is 0.246 e. The summed E-state index contributed by atoms with van der Waals surface area (Å²) in [6.45, 7) is 5.16. The average molecular weight is 607 g/mol. The number of carbonyl (C=O) groups excluding carboxylic acids is 1. The molecular formula is C32H34N10O3. The number of anilines is 3. The first-order chi connectivity index (χ1) is 21.9. The summed E-state index contributed by atoms with van der Waals surface area (Å²) >= 11 is 0. The van der Waals surface area contributed by atoms with Gasteiger partial charge in [-0.15, -0.1) is 0 Å². The number of benzene rings is 1. The van der Waals surface area contributed by atoms with E-state index < -0.39 is 0 Å². The molecule has 0 radical (unpaired) electrons. The minimum Gasteiger partial charge on any atom is -0.487 e. The number of aryl methyl sites for hydroxylation is 1. The van der Waals surface area contributed by atoms with E-state index in [1.807, 2.05) is 79.5 Å². The molecule has 1 amide bonds.